The number of carbonyl (C=O) groups excluding carboxylic acids is 1. The van der Waals surface area contributed by atoms with Gasteiger partial charge in [0.15, 0.2) is 0 Å². The van der Waals surface area contributed by atoms with E-state index in [4.69, 9.17) is 11.6 Å². The van der Waals surface area contributed by atoms with Gasteiger partial charge in [-0.25, -0.2) is 4.98 Å². The van der Waals surface area contributed by atoms with E-state index in [1.54, 1.807) is 31.4 Å². The van der Waals surface area contributed by atoms with E-state index in [1.807, 2.05) is 0 Å². The van der Waals surface area contributed by atoms with Crippen molar-refractivity contribution in [3.8, 4) is 0 Å². The van der Waals surface area contributed by atoms with Gasteiger partial charge in [0.2, 0.25) is 0 Å². The highest BCUT2D eigenvalue weighted by molar-refractivity contribution is 7.97. The number of halogens is 1. The smallest absolute Gasteiger partial charge is 0.280 e. The van der Waals surface area contributed by atoms with E-state index < -0.39 is 0 Å². The van der Waals surface area contributed by atoms with Gasteiger partial charge in [-0.05, 0) is 30.1 Å². The molecule has 0 fully saturated rings. The molecular formula is C10H9ClN4OS. The molecule has 2 heterocycles. The van der Waals surface area contributed by atoms with Crippen molar-refractivity contribution in [1.29, 1.82) is 0 Å². The molecular weight excluding hydrogens is 260 g/mol. The van der Waals surface area contributed by atoms with Gasteiger partial charge in [0.25, 0.3) is 5.91 Å². The van der Waals surface area contributed by atoms with Crippen molar-refractivity contribution in [1.82, 2.24) is 19.5 Å². The third-order valence-electron chi connectivity index (χ3n) is 1.96. The number of hydrogen-bond acceptors (Lipinski definition) is 4. The van der Waals surface area contributed by atoms with E-state index in [1.165, 1.54) is 22.4 Å². The van der Waals surface area contributed by atoms with E-state index in [-0.39, 0.29) is 5.91 Å². The number of aromatic amines is 1. The lowest BCUT2D eigenvalue weighted by Gasteiger charge is -2.14. The van der Waals surface area contributed by atoms with Crippen LogP contribution in [0.5, 0.6) is 0 Å². The fourth-order valence-electron chi connectivity index (χ4n) is 1.16. The summed E-state index contributed by atoms with van der Waals surface area (Å²) < 4.78 is 1.50. The predicted molar refractivity (Wildman–Crippen MR) is 65.8 cm³/mol. The van der Waals surface area contributed by atoms with Crippen LogP contribution in [0.25, 0.3) is 0 Å². The molecule has 1 N–H and O–H groups in total. The van der Waals surface area contributed by atoms with Gasteiger partial charge in [-0.2, -0.15) is 5.10 Å². The Morgan fingerprint density at radius 3 is 2.88 bits per heavy atom. The van der Waals surface area contributed by atoms with Crippen molar-refractivity contribution in [2.45, 2.75) is 4.90 Å². The van der Waals surface area contributed by atoms with E-state index in [2.05, 4.69) is 15.2 Å². The van der Waals surface area contributed by atoms with Crippen molar-refractivity contribution in [3.63, 3.8) is 0 Å². The van der Waals surface area contributed by atoms with Crippen LogP contribution in [0.1, 0.15) is 10.5 Å². The summed E-state index contributed by atoms with van der Waals surface area (Å²) in [6.07, 6.45) is 3.15. The highest BCUT2D eigenvalue weighted by atomic mass is 35.5. The van der Waals surface area contributed by atoms with E-state index in [0.29, 0.717) is 10.8 Å². The van der Waals surface area contributed by atoms with Crippen molar-refractivity contribution < 1.29 is 4.79 Å². The van der Waals surface area contributed by atoms with E-state index in [9.17, 15) is 4.79 Å². The molecule has 0 unspecified atom stereocenters. The SMILES string of the molecule is CN(Sc1ccc(Cl)nc1)C(=O)c1ccn[nH]1. The fraction of sp³-hybridized carbons (Fsp3) is 0.100. The summed E-state index contributed by atoms with van der Waals surface area (Å²) in [6.45, 7) is 0. The Morgan fingerprint density at radius 1 is 1.47 bits per heavy atom. The monoisotopic (exact) mass is 268 g/mol. The Hall–Kier alpha value is -1.53. The number of H-pyrrole nitrogens is 1. The van der Waals surface area contributed by atoms with Crippen LogP contribution < -0.4 is 0 Å². The summed E-state index contributed by atoms with van der Waals surface area (Å²) >= 11 is 6.95. The largest absolute Gasteiger partial charge is 0.281 e. The van der Waals surface area contributed by atoms with Gasteiger partial charge in [-0.1, -0.05) is 11.6 Å². The zero-order chi connectivity index (χ0) is 12.3. The van der Waals surface area contributed by atoms with Gasteiger partial charge in [0, 0.05) is 24.3 Å². The van der Waals surface area contributed by atoms with Crippen molar-refractivity contribution >= 4 is 29.5 Å². The summed E-state index contributed by atoms with van der Waals surface area (Å²) in [7, 11) is 1.68. The third-order valence-corrected chi connectivity index (χ3v) is 3.08. The third kappa shape index (κ3) is 2.98. The molecule has 2 aromatic heterocycles. The fourth-order valence-corrected chi connectivity index (χ4v) is 2.00. The highest BCUT2D eigenvalue weighted by Crippen LogP contribution is 2.22. The van der Waals surface area contributed by atoms with Gasteiger partial charge in [0.05, 0.1) is 0 Å². The van der Waals surface area contributed by atoms with Gasteiger partial charge < -0.3 is 0 Å². The highest BCUT2D eigenvalue weighted by Gasteiger charge is 2.14. The maximum Gasteiger partial charge on any atom is 0.281 e. The number of aromatic nitrogens is 3. The minimum atomic E-state index is -0.151. The van der Waals surface area contributed by atoms with Crippen LogP contribution in [0.15, 0.2) is 35.5 Å². The van der Waals surface area contributed by atoms with Gasteiger partial charge >= 0.3 is 0 Å². The number of nitrogens with one attached hydrogen (secondary N) is 1. The quantitative estimate of drug-likeness (QED) is 0.685. The molecule has 0 spiro atoms. The molecule has 17 heavy (non-hydrogen) atoms. The first-order chi connectivity index (χ1) is 8.16. The van der Waals surface area contributed by atoms with Crippen molar-refractivity contribution in [2.75, 3.05) is 7.05 Å². The lowest BCUT2D eigenvalue weighted by Crippen LogP contribution is -2.19. The molecule has 0 saturated carbocycles. The Labute approximate surface area is 107 Å². The zero-order valence-corrected chi connectivity index (χ0v) is 10.5. The summed E-state index contributed by atoms with van der Waals surface area (Å²) in [4.78, 5) is 16.6. The Balaban J connectivity index is 2.04. The maximum atomic E-state index is 11.9. The number of nitrogens with zero attached hydrogens (tertiary/aromatic N) is 3. The molecule has 0 saturated heterocycles. The van der Waals surface area contributed by atoms with Crippen LogP contribution in [0.3, 0.4) is 0 Å². The minimum absolute atomic E-state index is 0.151. The topological polar surface area (TPSA) is 61.9 Å². The summed E-state index contributed by atoms with van der Waals surface area (Å²) in [5.41, 5.74) is 0.446. The second kappa shape index (κ2) is 5.20. The van der Waals surface area contributed by atoms with Crippen LogP contribution in [0, 0.1) is 0 Å². The summed E-state index contributed by atoms with van der Waals surface area (Å²) in [5.74, 6) is -0.151. The van der Waals surface area contributed by atoms with Crippen molar-refractivity contribution in [2.24, 2.45) is 0 Å². The van der Waals surface area contributed by atoms with Crippen LogP contribution in [-0.2, 0) is 0 Å². The Morgan fingerprint density at radius 2 is 2.29 bits per heavy atom. The lowest BCUT2D eigenvalue weighted by molar-refractivity contribution is 0.0886. The van der Waals surface area contributed by atoms with Crippen LogP contribution in [0.2, 0.25) is 5.15 Å². The molecule has 2 aromatic rings. The molecule has 1 amide bonds. The normalized spacial score (nSPS) is 10.2. The van der Waals surface area contributed by atoms with Crippen LogP contribution in [-0.4, -0.2) is 32.4 Å². The average molecular weight is 269 g/mol. The summed E-state index contributed by atoms with van der Waals surface area (Å²) in [5, 5.41) is 6.78. The zero-order valence-electron chi connectivity index (χ0n) is 8.92. The first-order valence-corrected chi connectivity index (χ1v) is 5.89. The van der Waals surface area contributed by atoms with Crippen molar-refractivity contribution in [3.05, 3.63) is 41.4 Å². The molecule has 2 rings (SSSR count). The van der Waals surface area contributed by atoms with Crippen LogP contribution >= 0.6 is 23.5 Å². The molecule has 5 nitrogen and oxygen atoms in total. The molecule has 0 aromatic carbocycles. The first kappa shape index (κ1) is 11.9. The second-order valence-electron chi connectivity index (χ2n) is 3.18. The van der Waals surface area contributed by atoms with Gasteiger partial charge in [0.1, 0.15) is 10.8 Å². The molecule has 0 aliphatic heterocycles. The first-order valence-electron chi connectivity index (χ1n) is 4.74. The average Bonchev–Trinajstić information content (AvgIpc) is 2.84. The molecule has 0 aliphatic carbocycles. The number of hydrogen-bond donors (Lipinski definition) is 1. The van der Waals surface area contributed by atoms with Gasteiger partial charge in [-0.3, -0.25) is 14.2 Å². The number of pyridine rings is 1. The molecule has 88 valence electrons. The lowest BCUT2D eigenvalue weighted by atomic mass is 10.4. The Bertz CT molecular complexity index is 500. The molecule has 0 atom stereocenters. The second-order valence-corrected chi connectivity index (χ2v) is 4.77. The maximum absolute atomic E-state index is 11.9. The van der Waals surface area contributed by atoms with E-state index in [0.717, 1.165) is 4.90 Å². The predicted octanol–water partition coefficient (Wildman–Crippen LogP) is 2.24. The molecule has 0 bridgehead atoms. The standard InChI is InChI=1S/C10H9ClN4OS/c1-15(10(16)8-4-5-13-14-8)17-7-2-3-9(11)12-6-7/h2-6H,1H3,(H,13,14). The van der Waals surface area contributed by atoms with Crippen LogP contribution in [0.4, 0.5) is 0 Å². The number of amides is 1. The Kier molecular flexibility index (Phi) is 3.65. The molecule has 0 radical (unpaired) electrons. The minimum Gasteiger partial charge on any atom is -0.280 e. The molecule has 7 heteroatoms. The number of carbonyl (C=O) groups is 1. The molecule has 0 aliphatic rings. The summed E-state index contributed by atoms with van der Waals surface area (Å²) in [6, 6.07) is 5.11. The van der Waals surface area contributed by atoms with E-state index >= 15 is 0 Å². The van der Waals surface area contributed by atoms with Gasteiger partial charge in [-0.15, -0.1) is 0 Å². The number of rotatable bonds is 3.